The second kappa shape index (κ2) is 5.30. The molecule has 0 atom stereocenters. The molecule has 0 aromatic heterocycles. The first-order chi connectivity index (χ1) is 10.4. The van der Waals surface area contributed by atoms with Gasteiger partial charge in [0.15, 0.2) is 0 Å². The third kappa shape index (κ3) is 2.67. The summed E-state index contributed by atoms with van der Waals surface area (Å²) in [5, 5.41) is 2.92. The van der Waals surface area contributed by atoms with Gasteiger partial charge >= 0.3 is 0 Å². The highest BCUT2D eigenvalue weighted by molar-refractivity contribution is 6.01. The van der Waals surface area contributed by atoms with E-state index in [4.69, 9.17) is 4.74 Å². The molecule has 2 amide bonds. The van der Waals surface area contributed by atoms with E-state index in [1.54, 1.807) is 4.90 Å². The van der Waals surface area contributed by atoms with Gasteiger partial charge in [0.05, 0.1) is 11.1 Å². The van der Waals surface area contributed by atoms with Crippen molar-refractivity contribution in [2.24, 2.45) is 11.3 Å². The zero-order valence-electron chi connectivity index (χ0n) is 13.3. The molecule has 1 aromatic rings. The molecule has 1 aliphatic carbocycles. The largest absolute Gasteiger partial charge is 0.490 e. The highest BCUT2D eigenvalue weighted by Gasteiger charge is 2.37. The maximum Gasteiger partial charge on any atom is 0.236 e. The van der Waals surface area contributed by atoms with E-state index in [0.717, 1.165) is 18.5 Å². The molecule has 118 valence electrons. The van der Waals surface area contributed by atoms with Gasteiger partial charge in [-0.25, -0.2) is 0 Å². The van der Waals surface area contributed by atoms with Gasteiger partial charge < -0.3 is 15.0 Å². The number of hydrogen-bond acceptors (Lipinski definition) is 3. The van der Waals surface area contributed by atoms with Gasteiger partial charge in [0.1, 0.15) is 12.4 Å². The number of nitrogens with one attached hydrogen (secondary N) is 1. The zero-order valence-corrected chi connectivity index (χ0v) is 13.3. The molecule has 0 saturated heterocycles. The first kappa shape index (κ1) is 14.9. The Kier molecular flexibility index (Phi) is 3.59. The third-order valence-corrected chi connectivity index (χ3v) is 4.19. The van der Waals surface area contributed by atoms with Crippen molar-refractivity contribution in [3.05, 3.63) is 18.2 Å². The summed E-state index contributed by atoms with van der Waals surface area (Å²) >= 11 is 0. The molecular formula is C17H22N2O3. The number of nitrogens with zero attached hydrogens (tertiary/aromatic N) is 1. The van der Waals surface area contributed by atoms with Crippen LogP contribution in [0.5, 0.6) is 5.75 Å². The molecule has 0 radical (unpaired) electrons. The number of carbonyl (C=O) groups is 2. The maximum atomic E-state index is 12.7. The average molecular weight is 302 g/mol. The number of benzene rings is 1. The van der Waals surface area contributed by atoms with Crippen LogP contribution in [0.2, 0.25) is 0 Å². The summed E-state index contributed by atoms with van der Waals surface area (Å²) < 4.78 is 5.81. The van der Waals surface area contributed by atoms with Crippen LogP contribution in [0, 0.1) is 11.3 Å². The fraction of sp³-hybridized carbons (Fsp3) is 0.529. The minimum absolute atomic E-state index is 0.0411. The Morgan fingerprint density at radius 3 is 2.77 bits per heavy atom. The number of fused-ring (bicyclic) bond motifs is 1. The van der Waals surface area contributed by atoms with Gasteiger partial charge in [-0.2, -0.15) is 0 Å². The number of anilines is 2. The van der Waals surface area contributed by atoms with E-state index < -0.39 is 5.41 Å². The molecule has 0 bridgehead atoms. The lowest BCUT2D eigenvalue weighted by atomic mass is 9.93. The summed E-state index contributed by atoms with van der Waals surface area (Å²) in [5.74, 6) is 0.937. The summed E-state index contributed by atoms with van der Waals surface area (Å²) in [6, 6.07) is 5.49. The monoisotopic (exact) mass is 302 g/mol. The molecule has 1 fully saturated rings. The first-order valence-electron chi connectivity index (χ1n) is 7.82. The normalized spacial score (nSPS) is 20.0. The molecule has 2 aliphatic rings. The highest BCUT2D eigenvalue weighted by atomic mass is 16.5. The Hall–Kier alpha value is -2.04. The minimum Gasteiger partial charge on any atom is -0.490 e. The van der Waals surface area contributed by atoms with Crippen molar-refractivity contribution in [1.29, 1.82) is 0 Å². The second-order valence-electron chi connectivity index (χ2n) is 6.67. The Balaban J connectivity index is 1.92. The van der Waals surface area contributed by atoms with Gasteiger partial charge in [0.25, 0.3) is 0 Å². The van der Waals surface area contributed by atoms with E-state index in [0.29, 0.717) is 24.6 Å². The molecule has 5 nitrogen and oxygen atoms in total. The SMILES string of the molecule is CCN1C(=O)C(C)(C)COc2ccc(NC(=O)C3CC3)cc21. The lowest BCUT2D eigenvalue weighted by molar-refractivity contribution is -0.127. The van der Waals surface area contributed by atoms with Crippen LogP contribution in [-0.2, 0) is 9.59 Å². The van der Waals surface area contributed by atoms with Crippen molar-refractivity contribution in [2.45, 2.75) is 33.6 Å². The molecule has 5 heteroatoms. The van der Waals surface area contributed by atoms with Crippen molar-refractivity contribution in [2.75, 3.05) is 23.4 Å². The number of hydrogen-bond donors (Lipinski definition) is 1. The summed E-state index contributed by atoms with van der Waals surface area (Å²) in [5.41, 5.74) is 0.879. The van der Waals surface area contributed by atoms with E-state index >= 15 is 0 Å². The number of carbonyl (C=O) groups excluding carboxylic acids is 2. The highest BCUT2D eigenvalue weighted by Crippen LogP contribution is 2.38. The summed E-state index contributed by atoms with van der Waals surface area (Å²) in [6.45, 7) is 6.64. The molecule has 1 heterocycles. The lowest BCUT2D eigenvalue weighted by Crippen LogP contribution is -2.42. The van der Waals surface area contributed by atoms with E-state index in [9.17, 15) is 9.59 Å². The number of rotatable bonds is 3. The van der Waals surface area contributed by atoms with Gasteiger partial charge in [-0.15, -0.1) is 0 Å². The van der Waals surface area contributed by atoms with Gasteiger partial charge in [-0.3, -0.25) is 9.59 Å². The fourth-order valence-corrected chi connectivity index (χ4v) is 2.63. The van der Waals surface area contributed by atoms with Crippen LogP contribution in [0.4, 0.5) is 11.4 Å². The van der Waals surface area contributed by atoms with Gasteiger partial charge in [0, 0.05) is 18.2 Å². The van der Waals surface area contributed by atoms with E-state index in [2.05, 4.69) is 5.32 Å². The molecule has 1 N–H and O–H groups in total. The van der Waals surface area contributed by atoms with E-state index in [1.165, 1.54) is 0 Å². The topological polar surface area (TPSA) is 58.6 Å². The molecule has 1 aromatic carbocycles. The van der Waals surface area contributed by atoms with Gasteiger partial charge in [-0.05, 0) is 51.8 Å². The van der Waals surface area contributed by atoms with Gasteiger partial charge in [-0.1, -0.05) is 0 Å². The summed E-state index contributed by atoms with van der Waals surface area (Å²) in [7, 11) is 0. The predicted molar refractivity (Wildman–Crippen MR) is 85.1 cm³/mol. The Morgan fingerprint density at radius 2 is 2.14 bits per heavy atom. The van der Waals surface area contributed by atoms with Crippen LogP contribution < -0.4 is 15.0 Å². The Bertz CT molecular complexity index is 620. The van der Waals surface area contributed by atoms with Gasteiger partial charge in [0.2, 0.25) is 11.8 Å². The van der Waals surface area contributed by atoms with Crippen LogP contribution >= 0.6 is 0 Å². The van der Waals surface area contributed by atoms with Crippen LogP contribution in [0.25, 0.3) is 0 Å². The minimum atomic E-state index is -0.563. The quantitative estimate of drug-likeness (QED) is 0.934. The third-order valence-electron chi connectivity index (χ3n) is 4.19. The van der Waals surface area contributed by atoms with Crippen molar-refractivity contribution >= 4 is 23.2 Å². The molecular weight excluding hydrogens is 280 g/mol. The van der Waals surface area contributed by atoms with Crippen LogP contribution in [0.15, 0.2) is 18.2 Å². The number of ether oxygens (including phenoxy) is 1. The number of amides is 2. The fourth-order valence-electron chi connectivity index (χ4n) is 2.63. The Labute approximate surface area is 130 Å². The molecule has 1 saturated carbocycles. The van der Waals surface area contributed by atoms with Crippen LogP contribution in [0.1, 0.15) is 33.6 Å². The average Bonchev–Trinajstić information content (AvgIpc) is 3.31. The van der Waals surface area contributed by atoms with Crippen molar-refractivity contribution in [3.8, 4) is 5.75 Å². The Morgan fingerprint density at radius 1 is 1.41 bits per heavy atom. The summed E-state index contributed by atoms with van der Waals surface area (Å²) in [6.07, 6.45) is 1.93. The predicted octanol–water partition coefficient (Wildman–Crippen LogP) is 2.81. The first-order valence-corrected chi connectivity index (χ1v) is 7.82. The molecule has 3 rings (SSSR count). The zero-order chi connectivity index (χ0) is 15.9. The van der Waals surface area contributed by atoms with Crippen molar-refractivity contribution < 1.29 is 14.3 Å². The van der Waals surface area contributed by atoms with Crippen molar-refractivity contribution in [1.82, 2.24) is 0 Å². The van der Waals surface area contributed by atoms with E-state index in [-0.39, 0.29) is 17.7 Å². The van der Waals surface area contributed by atoms with Crippen LogP contribution in [0.3, 0.4) is 0 Å². The molecule has 0 spiro atoms. The summed E-state index contributed by atoms with van der Waals surface area (Å²) in [4.78, 5) is 26.3. The molecule has 1 aliphatic heterocycles. The molecule has 22 heavy (non-hydrogen) atoms. The second-order valence-corrected chi connectivity index (χ2v) is 6.67. The maximum absolute atomic E-state index is 12.7. The smallest absolute Gasteiger partial charge is 0.236 e. The van der Waals surface area contributed by atoms with Crippen molar-refractivity contribution in [3.63, 3.8) is 0 Å². The molecule has 0 unspecified atom stereocenters. The van der Waals surface area contributed by atoms with Crippen LogP contribution in [-0.4, -0.2) is 25.0 Å². The van der Waals surface area contributed by atoms with E-state index in [1.807, 2.05) is 39.0 Å². The lowest BCUT2D eigenvalue weighted by Gasteiger charge is -2.27. The standard InChI is InChI=1S/C17H22N2O3/c1-4-19-13-9-12(18-15(20)11-5-6-11)7-8-14(13)22-10-17(2,3)16(19)21/h7-9,11H,4-6,10H2,1-3H3,(H,18,20).